The number of nitrogens with one attached hydrogen (secondary N) is 1. The highest BCUT2D eigenvalue weighted by Crippen LogP contribution is 2.27. The first kappa shape index (κ1) is 20.3. The van der Waals surface area contributed by atoms with E-state index in [4.69, 9.17) is 5.73 Å². The minimum Gasteiger partial charge on any atom is -0.393 e. The number of nitrogen functional groups attached to an aromatic ring is 1. The topological polar surface area (TPSA) is 119 Å². The Morgan fingerprint density at radius 3 is 2.59 bits per heavy atom. The maximum atomic E-state index is 13.6. The van der Waals surface area contributed by atoms with Crippen LogP contribution in [0.3, 0.4) is 0 Å². The van der Waals surface area contributed by atoms with Crippen molar-refractivity contribution in [2.24, 2.45) is 0 Å². The summed E-state index contributed by atoms with van der Waals surface area (Å²) in [6, 6.07) is 6.71. The van der Waals surface area contributed by atoms with E-state index in [9.17, 15) is 24.1 Å². The number of benzene rings is 2. The van der Waals surface area contributed by atoms with Crippen molar-refractivity contribution in [1.82, 2.24) is 4.90 Å². The molecule has 0 atom stereocenters. The summed E-state index contributed by atoms with van der Waals surface area (Å²) in [6.07, 6.45) is 0. The van der Waals surface area contributed by atoms with Gasteiger partial charge in [0.15, 0.2) is 0 Å². The molecule has 142 valence electrons. The molecule has 2 amide bonds. The predicted octanol–water partition coefficient (Wildman–Crippen LogP) is 3.10. The highest BCUT2D eigenvalue weighted by atomic mass is 79.9. The molecule has 8 nitrogen and oxygen atoms in total. The van der Waals surface area contributed by atoms with Crippen molar-refractivity contribution in [1.29, 1.82) is 0 Å². The summed E-state index contributed by atoms with van der Waals surface area (Å²) in [5.41, 5.74) is 5.47. The molecule has 0 aliphatic carbocycles. The molecule has 0 bridgehead atoms. The molecule has 27 heavy (non-hydrogen) atoms. The van der Waals surface area contributed by atoms with Gasteiger partial charge in [0.25, 0.3) is 11.6 Å². The summed E-state index contributed by atoms with van der Waals surface area (Å²) in [5, 5.41) is 13.6. The Hall–Kier alpha value is -3.01. The van der Waals surface area contributed by atoms with Crippen LogP contribution in [0.5, 0.6) is 0 Å². The molecule has 0 heterocycles. The Labute approximate surface area is 162 Å². The molecule has 2 aromatic carbocycles. The molecule has 0 unspecified atom stereocenters. The summed E-state index contributed by atoms with van der Waals surface area (Å²) in [4.78, 5) is 35.7. The van der Waals surface area contributed by atoms with E-state index in [1.165, 1.54) is 7.05 Å². The average Bonchev–Trinajstić information content (AvgIpc) is 2.58. The molecular weight excluding hydrogens is 423 g/mol. The van der Waals surface area contributed by atoms with Crippen LogP contribution in [0.2, 0.25) is 0 Å². The number of nitrogens with two attached hydrogens (primary N) is 1. The van der Waals surface area contributed by atoms with E-state index in [1.807, 2.05) is 13.0 Å². The summed E-state index contributed by atoms with van der Waals surface area (Å²) < 4.78 is 14.5. The molecule has 0 aromatic heterocycles. The number of carbonyl (C=O) groups excluding carboxylic acids is 2. The van der Waals surface area contributed by atoms with Gasteiger partial charge < -0.3 is 16.0 Å². The lowest BCUT2D eigenvalue weighted by Gasteiger charge is -2.18. The molecule has 0 radical (unpaired) electrons. The third-order valence-electron chi connectivity index (χ3n) is 3.74. The van der Waals surface area contributed by atoms with E-state index < -0.39 is 33.9 Å². The average molecular weight is 439 g/mol. The van der Waals surface area contributed by atoms with Crippen LogP contribution >= 0.6 is 15.9 Å². The van der Waals surface area contributed by atoms with Crippen LogP contribution < -0.4 is 11.1 Å². The maximum absolute atomic E-state index is 13.6. The lowest BCUT2D eigenvalue weighted by atomic mass is 10.1. The number of halogens is 2. The molecule has 2 rings (SSSR count). The van der Waals surface area contributed by atoms with Crippen molar-refractivity contribution in [3.8, 4) is 0 Å². The number of hydrogen-bond acceptors (Lipinski definition) is 5. The molecule has 0 saturated carbocycles. The number of aryl methyl sites for hydroxylation is 1. The van der Waals surface area contributed by atoms with Crippen LogP contribution in [-0.4, -0.2) is 35.2 Å². The molecule has 2 aromatic rings. The molecule has 0 aliphatic rings. The van der Waals surface area contributed by atoms with Gasteiger partial charge >= 0.3 is 0 Å². The van der Waals surface area contributed by atoms with Gasteiger partial charge in [-0.1, -0.05) is 15.9 Å². The lowest BCUT2D eigenvalue weighted by molar-refractivity contribution is -0.384. The van der Waals surface area contributed by atoms with Gasteiger partial charge in [-0.15, -0.1) is 0 Å². The van der Waals surface area contributed by atoms with Crippen LogP contribution in [-0.2, 0) is 4.79 Å². The molecule has 0 fully saturated rings. The normalized spacial score (nSPS) is 10.4. The van der Waals surface area contributed by atoms with Crippen LogP contribution in [0.25, 0.3) is 0 Å². The zero-order chi connectivity index (χ0) is 20.3. The first-order chi connectivity index (χ1) is 12.6. The van der Waals surface area contributed by atoms with Crippen molar-refractivity contribution in [3.05, 3.63) is 61.9 Å². The van der Waals surface area contributed by atoms with Crippen LogP contribution in [0.1, 0.15) is 15.9 Å². The summed E-state index contributed by atoms with van der Waals surface area (Å²) in [5.74, 6) is -2.26. The fourth-order valence-electron chi connectivity index (χ4n) is 2.38. The van der Waals surface area contributed by atoms with Gasteiger partial charge in [-0.25, -0.2) is 4.39 Å². The van der Waals surface area contributed by atoms with Gasteiger partial charge in [0.05, 0.1) is 23.1 Å². The number of carbonyl (C=O) groups is 2. The summed E-state index contributed by atoms with van der Waals surface area (Å²) >= 11 is 3.32. The van der Waals surface area contributed by atoms with Crippen LogP contribution in [0, 0.1) is 22.9 Å². The Morgan fingerprint density at radius 1 is 1.33 bits per heavy atom. The van der Waals surface area contributed by atoms with Crippen molar-refractivity contribution >= 4 is 44.8 Å². The molecule has 0 aliphatic heterocycles. The Balaban J connectivity index is 2.16. The van der Waals surface area contributed by atoms with Crippen molar-refractivity contribution in [2.75, 3.05) is 24.6 Å². The van der Waals surface area contributed by atoms with Gasteiger partial charge in [-0.2, -0.15) is 0 Å². The van der Waals surface area contributed by atoms with Crippen molar-refractivity contribution in [3.63, 3.8) is 0 Å². The second kappa shape index (κ2) is 8.12. The van der Waals surface area contributed by atoms with Crippen molar-refractivity contribution < 1.29 is 18.9 Å². The number of anilines is 2. The third kappa shape index (κ3) is 4.79. The predicted molar refractivity (Wildman–Crippen MR) is 102 cm³/mol. The summed E-state index contributed by atoms with van der Waals surface area (Å²) in [6.45, 7) is 1.46. The van der Waals surface area contributed by atoms with Gasteiger partial charge in [0, 0.05) is 17.2 Å². The van der Waals surface area contributed by atoms with Gasteiger partial charge in [-0.05, 0) is 36.8 Å². The van der Waals surface area contributed by atoms with E-state index in [1.54, 1.807) is 12.1 Å². The minimum absolute atomic E-state index is 0.349. The molecule has 0 saturated heterocycles. The van der Waals surface area contributed by atoms with E-state index in [0.29, 0.717) is 11.8 Å². The number of nitro benzene ring substituents is 1. The van der Waals surface area contributed by atoms with E-state index in [0.717, 1.165) is 21.0 Å². The second-order valence-corrected chi connectivity index (χ2v) is 6.73. The fraction of sp³-hybridized carbons (Fsp3) is 0.176. The van der Waals surface area contributed by atoms with Crippen molar-refractivity contribution in [2.45, 2.75) is 6.92 Å². The highest BCUT2D eigenvalue weighted by Gasteiger charge is 2.24. The van der Waals surface area contributed by atoms with Gasteiger partial charge in [0.2, 0.25) is 5.91 Å². The Morgan fingerprint density at radius 2 is 2.00 bits per heavy atom. The van der Waals surface area contributed by atoms with E-state index in [-0.39, 0.29) is 12.1 Å². The lowest BCUT2D eigenvalue weighted by Crippen LogP contribution is -2.35. The monoisotopic (exact) mass is 438 g/mol. The van der Waals surface area contributed by atoms with Gasteiger partial charge in [-0.3, -0.25) is 19.7 Å². The molecule has 10 heteroatoms. The molecular formula is C17H16BrFN4O4. The maximum Gasteiger partial charge on any atom is 0.295 e. The number of amides is 2. The zero-order valence-electron chi connectivity index (χ0n) is 14.5. The number of nitrogens with zero attached hydrogens (tertiary/aromatic N) is 2. The zero-order valence-corrected chi connectivity index (χ0v) is 16.0. The largest absolute Gasteiger partial charge is 0.393 e. The number of nitro groups is 1. The Kier molecular flexibility index (Phi) is 6.11. The quantitative estimate of drug-likeness (QED) is 0.422. The SMILES string of the molecule is Cc1cc(Br)ccc1NC(=O)CN(C)C(=O)c1cc(F)cc([N+](=O)[O-])c1N. The van der Waals surface area contributed by atoms with E-state index in [2.05, 4.69) is 21.2 Å². The Bertz CT molecular complexity index is 935. The number of likely N-dealkylation sites (N-methyl/N-ethyl adjacent to an activating group) is 1. The van der Waals surface area contributed by atoms with E-state index >= 15 is 0 Å². The van der Waals surface area contributed by atoms with Gasteiger partial charge in [0.1, 0.15) is 11.5 Å². The minimum atomic E-state index is -0.970. The molecule has 0 spiro atoms. The third-order valence-corrected chi connectivity index (χ3v) is 4.23. The number of hydrogen-bond donors (Lipinski definition) is 2. The van der Waals surface area contributed by atoms with Crippen LogP contribution in [0.15, 0.2) is 34.8 Å². The number of rotatable bonds is 5. The first-order valence-electron chi connectivity index (χ1n) is 7.65. The standard InChI is InChI=1S/C17H16BrFN4O4/c1-9-5-10(18)3-4-13(9)21-15(24)8-22(2)17(25)12-6-11(19)7-14(16(12)20)23(26)27/h3-7H,8,20H2,1-2H3,(H,21,24). The fourth-order valence-corrected chi connectivity index (χ4v) is 2.86. The highest BCUT2D eigenvalue weighted by molar-refractivity contribution is 9.10. The smallest absolute Gasteiger partial charge is 0.295 e. The summed E-state index contributed by atoms with van der Waals surface area (Å²) in [7, 11) is 1.31. The molecule has 3 N–H and O–H groups in total. The second-order valence-electron chi connectivity index (χ2n) is 5.81. The first-order valence-corrected chi connectivity index (χ1v) is 8.44. The van der Waals surface area contributed by atoms with Crippen LogP contribution in [0.4, 0.5) is 21.5 Å².